The highest BCUT2D eigenvalue weighted by Gasteiger charge is 2.25. The van der Waals surface area contributed by atoms with Crippen LogP contribution in [0.4, 0.5) is 0 Å². The standard InChI is InChI=1S/C11H12O2S2/c1-3-8(11-14-5-2-6-15-11)10-9(4-1)12-7-13-10/h1,3-4,11H,2,5-7H2. The van der Waals surface area contributed by atoms with Crippen LogP contribution in [-0.2, 0) is 0 Å². The molecule has 0 spiro atoms. The summed E-state index contributed by atoms with van der Waals surface area (Å²) in [5.41, 5.74) is 1.29. The van der Waals surface area contributed by atoms with Crippen molar-refractivity contribution in [3.8, 4) is 11.5 Å². The van der Waals surface area contributed by atoms with E-state index in [-0.39, 0.29) is 0 Å². The van der Waals surface area contributed by atoms with Crippen LogP contribution in [-0.4, -0.2) is 18.3 Å². The molecule has 0 N–H and O–H groups in total. The van der Waals surface area contributed by atoms with Gasteiger partial charge in [-0.05, 0) is 24.0 Å². The SMILES string of the molecule is c1cc2c(c(C3SCCCS3)c1)OCO2. The van der Waals surface area contributed by atoms with Crippen molar-refractivity contribution in [2.75, 3.05) is 18.3 Å². The van der Waals surface area contributed by atoms with Crippen molar-refractivity contribution in [3.63, 3.8) is 0 Å². The number of thioether (sulfide) groups is 2. The zero-order valence-electron chi connectivity index (χ0n) is 8.27. The number of hydrogen-bond donors (Lipinski definition) is 0. The summed E-state index contributed by atoms with van der Waals surface area (Å²) in [6.45, 7) is 0.369. The van der Waals surface area contributed by atoms with Crippen LogP contribution in [0.2, 0.25) is 0 Å². The first kappa shape index (κ1) is 9.73. The van der Waals surface area contributed by atoms with E-state index in [2.05, 4.69) is 12.1 Å². The Morgan fingerprint density at radius 1 is 1.13 bits per heavy atom. The number of ether oxygens (including phenoxy) is 2. The van der Waals surface area contributed by atoms with Crippen LogP contribution >= 0.6 is 23.5 Å². The number of hydrogen-bond acceptors (Lipinski definition) is 4. The maximum absolute atomic E-state index is 5.53. The Bertz CT molecular complexity index is 362. The maximum Gasteiger partial charge on any atom is 0.231 e. The zero-order valence-corrected chi connectivity index (χ0v) is 9.90. The van der Waals surface area contributed by atoms with Crippen molar-refractivity contribution in [1.82, 2.24) is 0 Å². The average Bonchev–Trinajstić information content (AvgIpc) is 2.78. The first-order valence-corrected chi connectivity index (χ1v) is 7.16. The van der Waals surface area contributed by atoms with Gasteiger partial charge in [-0.25, -0.2) is 0 Å². The maximum atomic E-state index is 5.53. The van der Waals surface area contributed by atoms with Crippen LogP contribution in [0.5, 0.6) is 11.5 Å². The molecule has 0 atom stereocenters. The molecule has 3 rings (SSSR count). The molecule has 1 aromatic carbocycles. The van der Waals surface area contributed by atoms with Gasteiger partial charge in [-0.1, -0.05) is 12.1 Å². The second-order valence-corrected chi connectivity index (χ2v) is 6.23. The van der Waals surface area contributed by atoms with Crippen LogP contribution in [0, 0.1) is 0 Å². The van der Waals surface area contributed by atoms with E-state index in [9.17, 15) is 0 Å². The second kappa shape index (κ2) is 4.18. The van der Waals surface area contributed by atoms with Gasteiger partial charge < -0.3 is 9.47 Å². The molecule has 0 amide bonds. The average molecular weight is 240 g/mol. The molecule has 80 valence electrons. The van der Waals surface area contributed by atoms with Crippen LogP contribution < -0.4 is 9.47 Å². The Morgan fingerprint density at radius 2 is 2.00 bits per heavy atom. The van der Waals surface area contributed by atoms with Gasteiger partial charge in [-0.15, -0.1) is 23.5 Å². The van der Waals surface area contributed by atoms with Crippen LogP contribution in [0.3, 0.4) is 0 Å². The predicted molar refractivity (Wildman–Crippen MR) is 64.8 cm³/mol. The van der Waals surface area contributed by atoms with Gasteiger partial charge in [0, 0.05) is 5.56 Å². The Kier molecular flexibility index (Phi) is 2.71. The van der Waals surface area contributed by atoms with Crippen LogP contribution in [0.1, 0.15) is 16.6 Å². The third kappa shape index (κ3) is 1.81. The minimum atomic E-state index is 0.369. The van der Waals surface area contributed by atoms with Gasteiger partial charge in [-0.2, -0.15) is 0 Å². The molecule has 0 unspecified atom stereocenters. The fourth-order valence-electron chi connectivity index (χ4n) is 1.81. The summed E-state index contributed by atoms with van der Waals surface area (Å²) in [5.74, 6) is 4.37. The molecule has 1 fully saturated rings. The fraction of sp³-hybridized carbons (Fsp3) is 0.455. The Balaban J connectivity index is 1.93. The monoisotopic (exact) mass is 240 g/mol. The third-order valence-electron chi connectivity index (χ3n) is 2.51. The van der Waals surface area contributed by atoms with Crippen molar-refractivity contribution in [2.24, 2.45) is 0 Å². The normalized spacial score (nSPS) is 20.5. The van der Waals surface area contributed by atoms with E-state index in [0.717, 1.165) is 11.5 Å². The molecular formula is C11H12O2S2. The highest BCUT2D eigenvalue weighted by molar-refractivity contribution is 8.16. The molecule has 2 aliphatic rings. The number of rotatable bonds is 1. The molecule has 1 saturated heterocycles. The third-order valence-corrected chi connectivity index (χ3v) is 5.49. The van der Waals surface area contributed by atoms with Crippen molar-refractivity contribution >= 4 is 23.5 Å². The number of benzene rings is 1. The molecule has 0 aromatic heterocycles. The Hall–Kier alpha value is -0.480. The smallest absolute Gasteiger partial charge is 0.231 e. The second-order valence-electron chi connectivity index (χ2n) is 3.51. The van der Waals surface area contributed by atoms with Crippen molar-refractivity contribution in [3.05, 3.63) is 23.8 Å². The van der Waals surface area contributed by atoms with Gasteiger partial charge in [0.15, 0.2) is 11.5 Å². The molecule has 0 bridgehead atoms. The largest absolute Gasteiger partial charge is 0.454 e. The van der Waals surface area contributed by atoms with Gasteiger partial charge in [0.1, 0.15) is 0 Å². The van der Waals surface area contributed by atoms with Gasteiger partial charge in [0.05, 0.1) is 4.58 Å². The van der Waals surface area contributed by atoms with E-state index >= 15 is 0 Å². The minimum Gasteiger partial charge on any atom is -0.454 e. The van der Waals surface area contributed by atoms with E-state index in [0.29, 0.717) is 11.4 Å². The van der Waals surface area contributed by atoms with Crippen molar-refractivity contribution in [2.45, 2.75) is 11.0 Å². The lowest BCUT2D eigenvalue weighted by Crippen LogP contribution is -2.01. The molecule has 2 nitrogen and oxygen atoms in total. The minimum absolute atomic E-state index is 0.369. The predicted octanol–water partition coefficient (Wildman–Crippen LogP) is 3.28. The summed E-state index contributed by atoms with van der Waals surface area (Å²) in [6, 6.07) is 6.19. The Labute approximate surface area is 97.7 Å². The molecule has 0 radical (unpaired) electrons. The quantitative estimate of drug-likeness (QED) is 0.749. The number of para-hydroxylation sites is 1. The van der Waals surface area contributed by atoms with Crippen LogP contribution in [0.25, 0.3) is 0 Å². The van der Waals surface area contributed by atoms with E-state index in [4.69, 9.17) is 9.47 Å². The lowest BCUT2D eigenvalue weighted by atomic mass is 10.2. The van der Waals surface area contributed by atoms with Gasteiger partial charge >= 0.3 is 0 Å². The molecule has 2 aliphatic heterocycles. The van der Waals surface area contributed by atoms with Gasteiger partial charge in [0.2, 0.25) is 6.79 Å². The molecule has 2 heterocycles. The highest BCUT2D eigenvalue weighted by Crippen LogP contribution is 2.50. The summed E-state index contributed by atoms with van der Waals surface area (Å²) in [7, 11) is 0. The number of fused-ring (bicyclic) bond motifs is 1. The van der Waals surface area contributed by atoms with E-state index < -0.39 is 0 Å². The van der Waals surface area contributed by atoms with E-state index in [1.807, 2.05) is 29.6 Å². The molecule has 15 heavy (non-hydrogen) atoms. The van der Waals surface area contributed by atoms with Crippen molar-refractivity contribution < 1.29 is 9.47 Å². The Morgan fingerprint density at radius 3 is 2.87 bits per heavy atom. The molecule has 1 aromatic rings. The van der Waals surface area contributed by atoms with E-state index in [1.54, 1.807) is 0 Å². The molecule has 4 heteroatoms. The summed E-state index contributed by atoms with van der Waals surface area (Å²) < 4.78 is 11.4. The van der Waals surface area contributed by atoms with Gasteiger partial charge in [0.25, 0.3) is 0 Å². The first-order valence-electron chi connectivity index (χ1n) is 5.07. The lowest BCUT2D eigenvalue weighted by Gasteiger charge is -2.22. The lowest BCUT2D eigenvalue weighted by molar-refractivity contribution is 0.173. The zero-order chi connectivity index (χ0) is 10.1. The molecule has 0 saturated carbocycles. The summed E-state index contributed by atoms with van der Waals surface area (Å²) in [6.07, 6.45) is 1.32. The van der Waals surface area contributed by atoms with Crippen LogP contribution in [0.15, 0.2) is 18.2 Å². The summed E-state index contributed by atoms with van der Waals surface area (Å²) >= 11 is 4.02. The first-order chi connectivity index (χ1) is 7.45. The van der Waals surface area contributed by atoms with Gasteiger partial charge in [-0.3, -0.25) is 0 Å². The molecular weight excluding hydrogens is 228 g/mol. The van der Waals surface area contributed by atoms with Crippen molar-refractivity contribution in [1.29, 1.82) is 0 Å². The van der Waals surface area contributed by atoms with E-state index in [1.165, 1.54) is 23.5 Å². The molecule has 0 aliphatic carbocycles. The fourth-order valence-corrected chi connectivity index (χ4v) is 4.73. The topological polar surface area (TPSA) is 18.5 Å². The summed E-state index contributed by atoms with van der Waals surface area (Å²) in [5, 5.41) is 0. The summed E-state index contributed by atoms with van der Waals surface area (Å²) in [4.78, 5) is 0. The highest BCUT2D eigenvalue weighted by atomic mass is 32.2.